The van der Waals surface area contributed by atoms with E-state index in [-0.39, 0.29) is 5.76 Å². The zero-order chi connectivity index (χ0) is 11.7. The fourth-order valence-electron chi connectivity index (χ4n) is 1.31. The fraction of sp³-hybridized carbons (Fsp3) is 0.0909. The molecule has 1 aromatic carbocycles. The van der Waals surface area contributed by atoms with E-state index in [1.54, 1.807) is 6.92 Å². The summed E-state index contributed by atoms with van der Waals surface area (Å²) in [6, 6.07) is 7.52. The smallest absolute Gasteiger partial charge is 0.373 e. The highest BCUT2D eigenvalue weighted by molar-refractivity contribution is 14.1. The molecule has 5 heteroatoms. The molecule has 82 valence electrons. The van der Waals surface area contributed by atoms with Gasteiger partial charge in [-0.3, -0.25) is 0 Å². The Morgan fingerprint density at radius 1 is 1.38 bits per heavy atom. The van der Waals surface area contributed by atoms with Crippen LogP contribution in [-0.2, 0) is 0 Å². The number of nitrogens with zero attached hydrogens (tertiary/aromatic N) is 1. The molecule has 16 heavy (non-hydrogen) atoms. The van der Waals surface area contributed by atoms with Gasteiger partial charge in [0.1, 0.15) is 0 Å². The van der Waals surface area contributed by atoms with Gasteiger partial charge >= 0.3 is 5.97 Å². The highest BCUT2D eigenvalue weighted by atomic mass is 127. The van der Waals surface area contributed by atoms with Gasteiger partial charge in [-0.1, -0.05) is 0 Å². The van der Waals surface area contributed by atoms with Crippen molar-refractivity contribution in [3.63, 3.8) is 0 Å². The Kier molecular flexibility index (Phi) is 2.95. The molecule has 0 radical (unpaired) electrons. The molecule has 1 aromatic heterocycles. The van der Waals surface area contributed by atoms with Gasteiger partial charge in [-0.25, -0.2) is 9.78 Å². The molecule has 0 amide bonds. The number of hydrogen-bond donors (Lipinski definition) is 1. The molecule has 0 atom stereocenters. The normalized spacial score (nSPS) is 10.4. The Balaban J connectivity index is 2.45. The lowest BCUT2D eigenvalue weighted by Gasteiger charge is -1.94. The van der Waals surface area contributed by atoms with Gasteiger partial charge in [-0.05, 0) is 53.8 Å². The van der Waals surface area contributed by atoms with Crippen molar-refractivity contribution in [3.05, 3.63) is 39.3 Å². The summed E-state index contributed by atoms with van der Waals surface area (Å²) in [4.78, 5) is 14.9. The maximum atomic E-state index is 10.8. The van der Waals surface area contributed by atoms with Crippen LogP contribution in [0.4, 0.5) is 0 Å². The average molecular weight is 329 g/mol. The molecule has 0 aliphatic rings. The summed E-state index contributed by atoms with van der Waals surface area (Å²) in [5.74, 6) is -0.860. The Hall–Kier alpha value is -1.37. The minimum atomic E-state index is -1.10. The van der Waals surface area contributed by atoms with E-state index in [0.717, 1.165) is 9.13 Å². The highest BCUT2D eigenvalue weighted by Crippen LogP contribution is 2.22. The fourth-order valence-corrected chi connectivity index (χ4v) is 1.67. The SMILES string of the molecule is Cc1nc(-c2ccc(I)cc2)oc1C(=O)O. The monoisotopic (exact) mass is 329 g/mol. The summed E-state index contributed by atoms with van der Waals surface area (Å²) in [7, 11) is 0. The van der Waals surface area contributed by atoms with Crippen LogP contribution in [0.5, 0.6) is 0 Å². The van der Waals surface area contributed by atoms with Crippen LogP contribution in [0.1, 0.15) is 16.2 Å². The molecule has 0 bridgehead atoms. The van der Waals surface area contributed by atoms with Crippen molar-refractivity contribution < 1.29 is 14.3 Å². The van der Waals surface area contributed by atoms with Crippen molar-refractivity contribution in [3.8, 4) is 11.5 Å². The summed E-state index contributed by atoms with van der Waals surface area (Å²) in [6.45, 7) is 1.61. The first-order valence-corrected chi connectivity index (χ1v) is 5.62. The van der Waals surface area contributed by atoms with Crippen LogP contribution in [-0.4, -0.2) is 16.1 Å². The van der Waals surface area contributed by atoms with Gasteiger partial charge in [0.05, 0.1) is 5.69 Å². The Morgan fingerprint density at radius 3 is 2.50 bits per heavy atom. The van der Waals surface area contributed by atoms with E-state index in [4.69, 9.17) is 9.52 Å². The molecule has 0 aliphatic carbocycles. The number of halogens is 1. The van der Waals surface area contributed by atoms with Gasteiger partial charge in [0, 0.05) is 9.13 Å². The topological polar surface area (TPSA) is 63.3 Å². The maximum Gasteiger partial charge on any atom is 0.373 e. The lowest BCUT2D eigenvalue weighted by molar-refractivity contribution is 0.0662. The molecule has 1 heterocycles. The zero-order valence-corrected chi connectivity index (χ0v) is 10.6. The third-order valence-corrected chi connectivity index (χ3v) is 2.80. The number of aromatic carboxylic acids is 1. The lowest BCUT2D eigenvalue weighted by Crippen LogP contribution is -1.95. The van der Waals surface area contributed by atoms with Gasteiger partial charge < -0.3 is 9.52 Å². The Morgan fingerprint density at radius 2 is 2.00 bits per heavy atom. The quantitative estimate of drug-likeness (QED) is 0.861. The van der Waals surface area contributed by atoms with Crippen molar-refractivity contribution >= 4 is 28.6 Å². The molecule has 0 saturated heterocycles. The number of benzene rings is 1. The van der Waals surface area contributed by atoms with E-state index >= 15 is 0 Å². The molecule has 4 nitrogen and oxygen atoms in total. The Labute approximate surface area is 105 Å². The molecule has 0 spiro atoms. The second-order valence-electron chi connectivity index (χ2n) is 3.25. The molecule has 0 saturated carbocycles. The summed E-state index contributed by atoms with van der Waals surface area (Å²) >= 11 is 2.19. The first-order valence-electron chi connectivity index (χ1n) is 4.54. The first-order chi connectivity index (χ1) is 7.58. The van der Waals surface area contributed by atoms with E-state index in [1.807, 2.05) is 24.3 Å². The molecule has 0 aliphatic heterocycles. The minimum Gasteiger partial charge on any atom is -0.475 e. The van der Waals surface area contributed by atoms with E-state index in [0.29, 0.717) is 11.6 Å². The van der Waals surface area contributed by atoms with Gasteiger partial charge in [0.2, 0.25) is 11.7 Å². The first kappa shape index (κ1) is 11.1. The summed E-state index contributed by atoms with van der Waals surface area (Å²) in [6.07, 6.45) is 0. The van der Waals surface area contributed by atoms with Crippen molar-refractivity contribution in [2.45, 2.75) is 6.92 Å². The number of carboxylic acids is 1. The van der Waals surface area contributed by atoms with Gasteiger partial charge in [-0.15, -0.1) is 0 Å². The Bertz CT molecular complexity index is 531. The molecule has 0 unspecified atom stereocenters. The molecule has 2 aromatic rings. The van der Waals surface area contributed by atoms with Crippen molar-refractivity contribution in [1.29, 1.82) is 0 Å². The van der Waals surface area contributed by atoms with Crippen molar-refractivity contribution in [2.75, 3.05) is 0 Å². The van der Waals surface area contributed by atoms with Crippen LogP contribution in [0.2, 0.25) is 0 Å². The molecular formula is C11H8INO3. The summed E-state index contributed by atoms with van der Waals surface area (Å²) in [5.41, 5.74) is 1.16. The third kappa shape index (κ3) is 2.08. The minimum absolute atomic E-state index is 0.103. The number of carboxylic acid groups (broad SMARTS) is 1. The molecule has 0 fully saturated rings. The molecule has 2 rings (SSSR count). The number of aromatic nitrogens is 1. The predicted octanol–water partition coefficient (Wildman–Crippen LogP) is 2.95. The van der Waals surface area contributed by atoms with Crippen molar-refractivity contribution in [2.24, 2.45) is 0 Å². The average Bonchev–Trinajstić information content (AvgIpc) is 2.61. The van der Waals surface area contributed by atoms with Gasteiger partial charge in [0.25, 0.3) is 0 Å². The second kappa shape index (κ2) is 4.25. The van der Waals surface area contributed by atoms with Crippen LogP contribution >= 0.6 is 22.6 Å². The number of carbonyl (C=O) groups is 1. The van der Waals surface area contributed by atoms with E-state index in [2.05, 4.69) is 27.6 Å². The summed E-state index contributed by atoms with van der Waals surface area (Å²) in [5, 5.41) is 8.84. The van der Waals surface area contributed by atoms with Crippen LogP contribution in [0, 0.1) is 10.5 Å². The van der Waals surface area contributed by atoms with Crippen molar-refractivity contribution in [1.82, 2.24) is 4.98 Å². The van der Waals surface area contributed by atoms with E-state index in [1.165, 1.54) is 0 Å². The standard InChI is InChI=1S/C11H8INO3/c1-6-9(11(14)15)16-10(13-6)7-2-4-8(12)5-3-7/h2-5H,1H3,(H,14,15). The molecular weight excluding hydrogens is 321 g/mol. The predicted molar refractivity (Wildman–Crippen MR) is 66.4 cm³/mol. The van der Waals surface area contributed by atoms with Crippen LogP contribution < -0.4 is 0 Å². The number of hydrogen-bond acceptors (Lipinski definition) is 3. The largest absolute Gasteiger partial charge is 0.475 e. The number of rotatable bonds is 2. The number of oxazole rings is 1. The molecule has 1 N–H and O–H groups in total. The van der Waals surface area contributed by atoms with Crippen LogP contribution in [0.15, 0.2) is 28.7 Å². The maximum absolute atomic E-state index is 10.8. The lowest BCUT2D eigenvalue weighted by atomic mass is 10.2. The third-order valence-electron chi connectivity index (χ3n) is 2.08. The van der Waals surface area contributed by atoms with Crippen LogP contribution in [0.25, 0.3) is 11.5 Å². The highest BCUT2D eigenvalue weighted by Gasteiger charge is 2.16. The van der Waals surface area contributed by atoms with Gasteiger partial charge in [0.15, 0.2) is 0 Å². The van der Waals surface area contributed by atoms with E-state index < -0.39 is 5.97 Å². The second-order valence-corrected chi connectivity index (χ2v) is 4.49. The zero-order valence-electron chi connectivity index (χ0n) is 8.40. The van der Waals surface area contributed by atoms with Gasteiger partial charge in [-0.2, -0.15) is 0 Å². The number of aryl methyl sites for hydroxylation is 1. The van der Waals surface area contributed by atoms with Crippen LogP contribution in [0.3, 0.4) is 0 Å². The summed E-state index contributed by atoms with van der Waals surface area (Å²) < 4.78 is 6.29. The van der Waals surface area contributed by atoms with E-state index in [9.17, 15) is 4.79 Å².